The SMILES string of the molecule is O=C(CN(c1ccc(Oc2ccccc2)cc1)S(=O)(=O)c1ccccc1)Nc1ccc(S(=O)(=O)Nc2nccs2)cc1. The molecule has 0 aliphatic carbocycles. The summed E-state index contributed by atoms with van der Waals surface area (Å²) in [6, 6.07) is 28.8. The van der Waals surface area contributed by atoms with Gasteiger partial charge in [0.15, 0.2) is 5.13 Å². The van der Waals surface area contributed by atoms with Gasteiger partial charge in [0.1, 0.15) is 18.0 Å². The summed E-state index contributed by atoms with van der Waals surface area (Å²) in [5, 5.41) is 4.51. The Bertz CT molecular complexity index is 1850. The van der Waals surface area contributed by atoms with Gasteiger partial charge in [-0.15, -0.1) is 11.3 Å². The van der Waals surface area contributed by atoms with Crippen molar-refractivity contribution < 1.29 is 26.4 Å². The predicted octanol–water partition coefficient (Wildman–Crippen LogP) is 5.57. The summed E-state index contributed by atoms with van der Waals surface area (Å²) in [5.74, 6) is 0.484. The number of anilines is 3. The number of para-hydroxylation sites is 1. The fourth-order valence-electron chi connectivity index (χ4n) is 3.84. The molecular formula is C29H24N4O6S3. The van der Waals surface area contributed by atoms with E-state index in [0.29, 0.717) is 11.5 Å². The zero-order chi connectivity index (χ0) is 29.6. The summed E-state index contributed by atoms with van der Waals surface area (Å²) in [7, 11) is -7.99. The highest BCUT2D eigenvalue weighted by molar-refractivity contribution is 7.93. The van der Waals surface area contributed by atoms with Crippen molar-refractivity contribution in [1.82, 2.24) is 4.98 Å². The third kappa shape index (κ3) is 6.94. The molecule has 1 amide bonds. The Morgan fingerprint density at radius 1 is 0.762 bits per heavy atom. The minimum absolute atomic E-state index is 0.0182. The molecule has 0 atom stereocenters. The number of benzene rings is 4. The van der Waals surface area contributed by atoms with E-state index in [1.165, 1.54) is 42.6 Å². The van der Waals surface area contributed by atoms with Crippen molar-refractivity contribution in [1.29, 1.82) is 0 Å². The fraction of sp³-hybridized carbons (Fsp3) is 0.0345. The van der Waals surface area contributed by atoms with Crippen LogP contribution in [0.3, 0.4) is 0 Å². The third-order valence-corrected chi connectivity index (χ3v) is 9.79. The maximum Gasteiger partial charge on any atom is 0.264 e. The number of carbonyl (C=O) groups excluding carboxylic acids is 1. The number of ether oxygens (including phenoxy) is 1. The van der Waals surface area contributed by atoms with E-state index in [1.807, 2.05) is 18.2 Å². The van der Waals surface area contributed by atoms with Crippen LogP contribution in [0.4, 0.5) is 16.5 Å². The van der Waals surface area contributed by atoms with Gasteiger partial charge >= 0.3 is 0 Å². The van der Waals surface area contributed by atoms with Crippen LogP contribution in [0.2, 0.25) is 0 Å². The van der Waals surface area contributed by atoms with Crippen LogP contribution in [0.15, 0.2) is 131 Å². The summed E-state index contributed by atoms with van der Waals surface area (Å²) < 4.78 is 61.6. The normalized spacial score (nSPS) is 11.4. The highest BCUT2D eigenvalue weighted by atomic mass is 32.2. The number of thiazole rings is 1. The second-order valence-corrected chi connectivity index (χ2v) is 13.2. The Labute approximate surface area is 247 Å². The lowest BCUT2D eigenvalue weighted by molar-refractivity contribution is -0.114. The maximum absolute atomic E-state index is 13.6. The third-order valence-electron chi connectivity index (χ3n) is 5.82. The largest absolute Gasteiger partial charge is 0.457 e. The van der Waals surface area contributed by atoms with Crippen LogP contribution in [-0.2, 0) is 24.8 Å². The van der Waals surface area contributed by atoms with E-state index in [9.17, 15) is 21.6 Å². The van der Waals surface area contributed by atoms with Crippen molar-refractivity contribution in [2.24, 2.45) is 0 Å². The molecule has 0 spiro atoms. The van der Waals surface area contributed by atoms with E-state index < -0.39 is 32.5 Å². The number of aromatic nitrogens is 1. The fourth-order valence-corrected chi connectivity index (χ4v) is 7.07. The van der Waals surface area contributed by atoms with Crippen LogP contribution in [0, 0.1) is 0 Å². The number of nitrogens with one attached hydrogen (secondary N) is 2. The Morgan fingerprint density at radius 2 is 1.38 bits per heavy atom. The number of amides is 1. The van der Waals surface area contributed by atoms with Gasteiger partial charge in [0, 0.05) is 17.3 Å². The van der Waals surface area contributed by atoms with E-state index in [2.05, 4.69) is 15.0 Å². The van der Waals surface area contributed by atoms with E-state index in [0.717, 1.165) is 15.6 Å². The molecule has 1 aromatic heterocycles. The molecular weight excluding hydrogens is 597 g/mol. The smallest absolute Gasteiger partial charge is 0.264 e. The molecule has 0 aliphatic heterocycles. The van der Waals surface area contributed by atoms with Gasteiger partial charge in [-0.25, -0.2) is 21.8 Å². The van der Waals surface area contributed by atoms with Crippen molar-refractivity contribution in [2.45, 2.75) is 9.79 Å². The van der Waals surface area contributed by atoms with Gasteiger partial charge in [0.2, 0.25) is 5.91 Å². The molecule has 5 aromatic rings. The predicted molar refractivity (Wildman–Crippen MR) is 162 cm³/mol. The lowest BCUT2D eigenvalue weighted by Gasteiger charge is -2.24. The molecule has 0 saturated heterocycles. The van der Waals surface area contributed by atoms with Crippen molar-refractivity contribution in [3.63, 3.8) is 0 Å². The van der Waals surface area contributed by atoms with Crippen molar-refractivity contribution >= 4 is 53.8 Å². The minimum atomic E-state index is -4.13. The first-order valence-electron chi connectivity index (χ1n) is 12.4. The first-order valence-corrected chi connectivity index (χ1v) is 16.2. The van der Waals surface area contributed by atoms with E-state index in [1.54, 1.807) is 60.0 Å². The number of rotatable bonds is 11. The maximum atomic E-state index is 13.6. The van der Waals surface area contributed by atoms with Crippen LogP contribution in [0.25, 0.3) is 0 Å². The lowest BCUT2D eigenvalue weighted by atomic mass is 10.3. The second kappa shape index (κ2) is 12.4. The first kappa shape index (κ1) is 28.8. The standard InChI is InChI=1S/C29H24N4O6S3/c34-28(31-22-11-17-26(18-12-22)41(35,36)32-29-30-19-20-40-29)21-33(42(37,38)27-9-5-2-6-10-27)23-13-15-25(16-14-23)39-24-7-3-1-4-8-24/h1-20H,21H2,(H,30,32)(H,31,34). The molecule has 0 unspecified atom stereocenters. The topological polar surface area (TPSA) is 135 Å². The highest BCUT2D eigenvalue weighted by Gasteiger charge is 2.27. The number of sulfonamides is 2. The Morgan fingerprint density at radius 3 is 2.00 bits per heavy atom. The minimum Gasteiger partial charge on any atom is -0.457 e. The Hall–Kier alpha value is -4.72. The van der Waals surface area contributed by atoms with Gasteiger partial charge in [0.25, 0.3) is 20.0 Å². The van der Waals surface area contributed by atoms with E-state index in [4.69, 9.17) is 4.74 Å². The summed E-state index contributed by atoms with van der Waals surface area (Å²) in [4.78, 5) is 17.0. The zero-order valence-electron chi connectivity index (χ0n) is 21.8. The Kier molecular flexibility index (Phi) is 8.52. The number of carbonyl (C=O) groups is 1. The molecule has 5 rings (SSSR count). The first-order chi connectivity index (χ1) is 20.2. The van der Waals surface area contributed by atoms with Gasteiger partial charge in [-0.05, 0) is 72.8 Å². The molecule has 2 N–H and O–H groups in total. The van der Waals surface area contributed by atoms with Gasteiger partial charge in [0.05, 0.1) is 15.5 Å². The van der Waals surface area contributed by atoms with Crippen molar-refractivity contribution in [3.8, 4) is 11.5 Å². The summed E-state index contributed by atoms with van der Waals surface area (Å²) in [5.41, 5.74) is 0.543. The number of nitrogens with zero attached hydrogens (tertiary/aromatic N) is 2. The highest BCUT2D eigenvalue weighted by Crippen LogP contribution is 2.28. The quantitative estimate of drug-likeness (QED) is 0.197. The molecule has 0 aliphatic rings. The molecule has 0 bridgehead atoms. The lowest BCUT2D eigenvalue weighted by Crippen LogP contribution is -2.38. The Balaban J connectivity index is 1.34. The van der Waals surface area contributed by atoms with Crippen LogP contribution in [0.5, 0.6) is 11.5 Å². The van der Waals surface area contributed by atoms with Crippen LogP contribution in [0.1, 0.15) is 0 Å². The molecule has 42 heavy (non-hydrogen) atoms. The van der Waals surface area contributed by atoms with Crippen LogP contribution in [-0.4, -0.2) is 34.3 Å². The monoisotopic (exact) mass is 620 g/mol. The molecule has 0 radical (unpaired) electrons. The van der Waals surface area contributed by atoms with Gasteiger partial charge in [-0.1, -0.05) is 36.4 Å². The van der Waals surface area contributed by atoms with Gasteiger partial charge in [-0.3, -0.25) is 13.8 Å². The van der Waals surface area contributed by atoms with Gasteiger partial charge < -0.3 is 10.1 Å². The summed E-state index contributed by atoms with van der Waals surface area (Å²) in [6.45, 7) is -0.540. The zero-order valence-corrected chi connectivity index (χ0v) is 24.3. The number of hydrogen-bond donors (Lipinski definition) is 2. The summed E-state index contributed by atoms with van der Waals surface area (Å²) >= 11 is 1.14. The van der Waals surface area contributed by atoms with Gasteiger partial charge in [-0.2, -0.15) is 0 Å². The van der Waals surface area contributed by atoms with Crippen LogP contribution >= 0.6 is 11.3 Å². The number of hydrogen-bond acceptors (Lipinski definition) is 8. The molecule has 1 heterocycles. The second-order valence-electron chi connectivity index (χ2n) is 8.75. The van der Waals surface area contributed by atoms with E-state index in [-0.39, 0.29) is 26.3 Å². The average molecular weight is 621 g/mol. The van der Waals surface area contributed by atoms with E-state index >= 15 is 0 Å². The van der Waals surface area contributed by atoms with Crippen LogP contribution < -0.4 is 19.1 Å². The molecule has 0 fully saturated rings. The molecule has 4 aromatic carbocycles. The molecule has 214 valence electrons. The van der Waals surface area contributed by atoms with Crippen molar-refractivity contribution in [3.05, 3.63) is 121 Å². The molecule has 10 nitrogen and oxygen atoms in total. The molecule has 13 heteroatoms. The molecule has 0 saturated carbocycles. The average Bonchev–Trinajstić information content (AvgIpc) is 3.50. The van der Waals surface area contributed by atoms with Crippen molar-refractivity contribution in [2.75, 3.05) is 20.9 Å². The summed E-state index contributed by atoms with van der Waals surface area (Å²) in [6.07, 6.45) is 1.48.